The van der Waals surface area contributed by atoms with Gasteiger partial charge >= 0.3 is 0 Å². The van der Waals surface area contributed by atoms with Crippen molar-refractivity contribution in [3.05, 3.63) is 30.1 Å². The second-order valence-corrected chi connectivity index (χ2v) is 7.66. The molecule has 1 N–H and O–H groups in total. The molecule has 0 unspecified atom stereocenters. The first-order valence-electron chi connectivity index (χ1n) is 9.81. The monoisotopic (exact) mass is 375 g/mol. The molecule has 6 nitrogen and oxygen atoms in total. The van der Waals surface area contributed by atoms with Gasteiger partial charge in [-0.25, -0.2) is 4.39 Å². The molecule has 0 aromatic heterocycles. The first-order chi connectivity index (χ1) is 13.1. The number of carbonyl (C=O) groups is 2. The Labute approximate surface area is 158 Å². The predicted octanol–water partition coefficient (Wildman–Crippen LogP) is 1.38. The van der Waals surface area contributed by atoms with Crippen molar-refractivity contribution in [3.8, 4) is 0 Å². The van der Waals surface area contributed by atoms with Gasteiger partial charge in [0.1, 0.15) is 5.82 Å². The summed E-state index contributed by atoms with van der Waals surface area (Å²) in [4.78, 5) is 30.7. The van der Waals surface area contributed by atoms with E-state index in [-0.39, 0.29) is 48.8 Å². The van der Waals surface area contributed by atoms with Gasteiger partial charge in [-0.3, -0.25) is 9.59 Å². The van der Waals surface area contributed by atoms with Crippen LogP contribution in [0, 0.1) is 5.82 Å². The molecule has 4 rings (SSSR count). The summed E-state index contributed by atoms with van der Waals surface area (Å²) in [6, 6.07) is 7.00. The Kier molecular flexibility index (Phi) is 5.04. The number of benzene rings is 1. The number of aliphatic hydroxyl groups excluding tert-OH is 1. The maximum atomic E-state index is 14.0. The van der Waals surface area contributed by atoms with E-state index in [0.717, 1.165) is 32.4 Å². The van der Waals surface area contributed by atoms with Crippen LogP contribution >= 0.6 is 0 Å². The van der Waals surface area contributed by atoms with Crippen molar-refractivity contribution >= 4 is 17.5 Å². The van der Waals surface area contributed by atoms with Gasteiger partial charge in [0.25, 0.3) is 0 Å². The van der Waals surface area contributed by atoms with E-state index in [2.05, 4.69) is 4.90 Å². The average molecular weight is 375 g/mol. The van der Waals surface area contributed by atoms with E-state index in [1.165, 1.54) is 6.07 Å². The lowest BCUT2D eigenvalue weighted by Crippen LogP contribution is -2.49. The van der Waals surface area contributed by atoms with Gasteiger partial charge in [0.15, 0.2) is 0 Å². The lowest BCUT2D eigenvalue weighted by molar-refractivity contribution is -0.133. The first-order valence-corrected chi connectivity index (χ1v) is 9.81. The standard InChI is InChI=1S/C20H26FN3O3/c21-15-3-1-2-4-16(15)22-9-5-14(6-10-22)24-17-7-11-23(19(26)8-12-25)18(17)13-20(24)27/h1-4,14,17-18,25H,5-13H2/t17-,18-/m0/s1. The fourth-order valence-corrected chi connectivity index (χ4v) is 4.99. The highest BCUT2D eigenvalue weighted by Gasteiger charge is 2.50. The Bertz CT molecular complexity index is 720. The Morgan fingerprint density at radius 3 is 2.56 bits per heavy atom. The maximum Gasteiger partial charge on any atom is 0.225 e. The van der Waals surface area contributed by atoms with Crippen LogP contribution in [-0.2, 0) is 9.59 Å². The Morgan fingerprint density at radius 2 is 1.85 bits per heavy atom. The zero-order chi connectivity index (χ0) is 19.0. The zero-order valence-electron chi connectivity index (χ0n) is 15.4. The molecule has 1 aromatic carbocycles. The first kappa shape index (κ1) is 18.2. The third-order valence-electron chi connectivity index (χ3n) is 6.24. The normalized spacial score (nSPS) is 26.0. The smallest absolute Gasteiger partial charge is 0.225 e. The lowest BCUT2D eigenvalue weighted by atomic mass is 10.0. The van der Waals surface area contributed by atoms with E-state index in [0.29, 0.717) is 18.7 Å². The summed E-state index contributed by atoms with van der Waals surface area (Å²) in [5, 5.41) is 9.03. The largest absolute Gasteiger partial charge is 0.396 e. The molecule has 1 aromatic rings. The fraction of sp³-hybridized carbons (Fsp3) is 0.600. The molecule has 3 heterocycles. The number of nitrogens with zero attached hydrogens (tertiary/aromatic N) is 3. The molecule has 0 saturated carbocycles. The number of hydrogen-bond acceptors (Lipinski definition) is 4. The second kappa shape index (κ2) is 7.46. The summed E-state index contributed by atoms with van der Waals surface area (Å²) in [5.74, 6) is -0.146. The van der Waals surface area contributed by atoms with E-state index in [9.17, 15) is 14.0 Å². The molecule has 3 saturated heterocycles. The third-order valence-corrected chi connectivity index (χ3v) is 6.24. The number of aliphatic hydroxyl groups is 1. The molecular formula is C20H26FN3O3. The average Bonchev–Trinajstić information content (AvgIpc) is 3.20. The fourth-order valence-electron chi connectivity index (χ4n) is 4.99. The molecule has 146 valence electrons. The van der Waals surface area contributed by atoms with Gasteiger partial charge in [-0.05, 0) is 31.4 Å². The molecule has 3 aliphatic rings. The Hall–Kier alpha value is -2.15. The molecule has 0 bridgehead atoms. The van der Waals surface area contributed by atoms with Crippen molar-refractivity contribution in [2.45, 2.75) is 50.2 Å². The molecule has 2 atom stereocenters. The van der Waals surface area contributed by atoms with E-state index in [4.69, 9.17) is 5.11 Å². The number of amides is 2. The van der Waals surface area contributed by atoms with Crippen LogP contribution < -0.4 is 4.90 Å². The van der Waals surface area contributed by atoms with Crippen LogP contribution in [0.15, 0.2) is 24.3 Å². The molecule has 3 aliphatic heterocycles. The Balaban J connectivity index is 1.41. The van der Waals surface area contributed by atoms with E-state index >= 15 is 0 Å². The van der Waals surface area contributed by atoms with Crippen molar-refractivity contribution in [2.24, 2.45) is 0 Å². The minimum absolute atomic E-state index is 0.0545. The summed E-state index contributed by atoms with van der Waals surface area (Å²) in [7, 11) is 0. The molecule has 27 heavy (non-hydrogen) atoms. The van der Waals surface area contributed by atoms with E-state index in [1.54, 1.807) is 17.0 Å². The van der Waals surface area contributed by atoms with Crippen molar-refractivity contribution in [1.82, 2.24) is 9.80 Å². The van der Waals surface area contributed by atoms with Gasteiger partial charge in [-0.15, -0.1) is 0 Å². The maximum absolute atomic E-state index is 14.0. The van der Waals surface area contributed by atoms with Gasteiger partial charge in [-0.2, -0.15) is 0 Å². The quantitative estimate of drug-likeness (QED) is 0.864. The van der Waals surface area contributed by atoms with Crippen molar-refractivity contribution < 1.29 is 19.1 Å². The SMILES string of the molecule is O=C(CCO)N1CC[C@H]2[C@@H]1CC(=O)N2C1CCN(c2ccccc2F)CC1. The topological polar surface area (TPSA) is 64.1 Å². The van der Waals surface area contributed by atoms with Crippen LogP contribution in [-0.4, -0.2) is 71.1 Å². The lowest BCUT2D eigenvalue weighted by Gasteiger charge is -2.40. The van der Waals surface area contributed by atoms with Crippen molar-refractivity contribution in [3.63, 3.8) is 0 Å². The van der Waals surface area contributed by atoms with E-state index in [1.807, 2.05) is 11.0 Å². The summed E-state index contributed by atoms with van der Waals surface area (Å²) in [6.45, 7) is 1.95. The zero-order valence-corrected chi connectivity index (χ0v) is 15.4. The number of likely N-dealkylation sites (tertiary alicyclic amines) is 2. The summed E-state index contributed by atoms with van der Waals surface area (Å²) >= 11 is 0. The van der Waals surface area contributed by atoms with Crippen molar-refractivity contribution in [2.75, 3.05) is 31.1 Å². The molecule has 7 heteroatoms. The highest BCUT2D eigenvalue weighted by atomic mass is 19.1. The summed E-state index contributed by atoms with van der Waals surface area (Å²) in [5.41, 5.74) is 0.628. The van der Waals surface area contributed by atoms with Gasteiger partial charge < -0.3 is 19.8 Å². The number of piperidine rings is 1. The molecule has 3 fully saturated rings. The minimum Gasteiger partial charge on any atom is -0.396 e. The van der Waals surface area contributed by atoms with Gasteiger partial charge in [0.2, 0.25) is 11.8 Å². The van der Waals surface area contributed by atoms with Crippen LogP contribution in [0.3, 0.4) is 0 Å². The van der Waals surface area contributed by atoms with Crippen LogP contribution in [0.1, 0.15) is 32.1 Å². The second-order valence-electron chi connectivity index (χ2n) is 7.66. The number of rotatable bonds is 4. The minimum atomic E-state index is -0.206. The molecular weight excluding hydrogens is 349 g/mol. The van der Waals surface area contributed by atoms with Gasteiger partial charge in [-0.1, -0.05) is 12.1 Å². The highest BCUT2D eigenvalue weighted by Crippen LogP contribution is 2.37. The molecule has 0 spiro atoms. The Morgan fingerprint density at radius 1 is 1.11 bits per heavy atom. The third kappa shape index (κ3) is 3.29. The molecule has 0 radical (unpaired) electrons. The molecule has 2 amide bonds. The highest BCUT2D eigenvalue weighted by molar-refractivity contribution is 5.84. The number of hydrogen-bond donors (Lipinski definition) is 1. The number of fused-ring (bicyclic) bond motifs is 1. The number of anilines is 1. The van der Waals surface area contributed by atoms with Crippen LogP contribution in [0.4, 0.5) is 10.1 Å². The van der Waals surface area contributed by atoms with Crippen LogP contribution in [0.5, 0.6) is 0 Å². The predicted molar refractivity (Wildman–Crippen MR) is 98.7 cm³/mol. The van der Waals surface area contributed by atoms with Crippen LogP contribution in [0.25, 0.3) is 0 Å². The molecule has 0 aliphatic carbocycles. The number of halogens is 1. The summed E-state index contributed by atoms with van der Waals surface area (Å²) < 4.78 is 14.0. The summed E-state index contributed by atoms with van der Waals surface area (Å²) in [6.07, 6.45) is 2.94. The van der Waals surface area contributed by atoms with Gasteiger partial charge in [0, 0.05) is 38.5 Å². The van der Waals surface area contributed by atoms with Crippen molar-refractivity contribution in [1.29, 1.82) is 0 Å². The van der Waals surface area contributed by atoms with Gasteiger partial charge in [0.05, 0.1) is 24.4 Å². The van der Waals surface area contributed by atoms with Crippen LogP contribution in [0.2, 0.25) is 0 Å². The number of para-hydroxylation sites is 1. The number of carbonyl (C=O) groups excluding carboxylic acids is 2. The van der Waals surface area contributed by atoms with E-state index < -0.39 is 0 Å².